The summed E-state index contributed by atoms with van der Waals surface area (Å²) in [5.74, 6) is 0.446. The maximum Gasteiger partial charge on any atom is 0.306 e. The predicted octanol–water partition coefficient (Wildman–Crippen LogP) is 2.27. The highest BCUT2D eigenvalue weighted by Crippen LogP contribution is 2.26. The lowest BCUT2D eigenvalue weighted by atomic mass is 9.84. The van der Waals surface area contributed by atoms with E-state index in [2.05, 4.69) is 0 Å². The van der Waals surface area contributed by atoms with Crippen molar-refractivity contribution >= 4 is 18.4 Å². The summed E-state index contributed by atoms with van der Waals surface area (Å²) >= 11 is 0. The summed E-state index contributed by atoms with van der Waals surface area (Å²) in [6.07, 6.45) is 4.85. The van der Waals surface area contributed by atoms with E-state index >= 15 is 0 Å². The maximum absolute atomic E-state index is 11.3. The van der Waals surface area contributed by atoms with E-state index in [1.807, 2.05) is 13.8 Å². The van der Waals surface area contributed by atoms with Crippen molar-refractivity contribution in [3.8, 4) is 0 Å². The number of nitrogens with two attached hydrogens (primary N) is 1. The molecule has 0 aromatic heterocycles. The van der Waals surface area contributed by atoms with Crippen molar-refractivity contribution in [3.63, 3.8) is 0 Å². The molecule has 0 amide bonds. The Bertz CT molecular complexity index is 189. The van der Waals surface area contributed by atoms with E-state index in [9.17, 15) is 4.79 Å². The standard InChI is InChI=1S/C11H21NO2.ClH/c1-8(2)14-11(13)7-9-3-5-10(12)6-4-9;/h8-10H,3-7,12H2,1-2H3;1H. The molecule has 0 unspecified atom stereocenters. The number of hydrogen-bond donors (Lipinski definition) is 1. The van der Waals surface area contributed by atoms with Gasteiger partial charge in [-0.3, -0.25) is 4.79 Å². The Labute approximate surface area is 98.2 Å². The van der Waals surface area contributed by atoms with Crippen molar-refractivity contribution in [3.05, 3.63) is 0 Å². The maximum atomic E-state index is 11.3. The summed E-state index contributed by atoms with van der Waals surface area (Å²) < 4.78 is 5.11. The molecule has 2 N–H and O–H groups in total. The van der Waals surface area contributed by atoms with Crippen LogP contribution in [0.5, 0.6) is 0 Å². The lowest BCUT2D eigenvalue weighted by Gasteiger charge is -2.25. The van der Waals surface area contributed by atoms with Crippen molar-refractivity contribution in [1.29, 1.82) is 0 Å². The van der Waals surface area contributed by atoms with Crippen LogP contribution in [-0.4, -0.2) is 18.1 Å². The van der Waals surface area contributed by atoms with Crippen LogP contribution < -0.4 is 5.73 Å². The van der Waals surface area contributed by atoms with Crippen molar-refractivity contribution in [1.82, 2.24) is 0 Å². The monoisotopic (exact) mass is 235 g/mol. The van der Waals surface area contributed by atoms with Gasteiger partial charge >= 0.3 is 5.97 Å². The molecule has 0 aromatic rings. The third-order valence-corrected chi connectivity index (χ3v) is 2.71. The molecule has 0 aromatic carbocycles. The van der Waals surface area contributed by atoms with E-state index in [-0.39, 0.29) is 24.5 Å². The molecule has 0 spiro atoms. The second-order valence-corrected chi connectivity index (χ2v) is 4.52. The van der Waals surface area contributed by atoms with Crippen LogP contribution in [0.25, 0.3) is 0 Å². The second-order valence-electron chi connectivity index (χ2n) is 4.52. The summed E-state index contributed by atoms with van der Waals surface area (Å²) in [5.41, 5.74) is 5.79. The van der Waals surface area contributed by atoms with Gasteiger partial charge in [0.25, 0.3) is 0 Å². The lowest BCUT2D eigenvalue weighted by Crippen LogP contribution is -2.28. The Kier molecular flexibility index (Phi) is 6.94. The van der Waals surface area contributed by atoms with Gasteiger partial charge in [0.1, 0.15) is 0 Å². The van der Waals surface area contributed by atoms with Gasteiger partial charge in [0.05, 0.1) is 6.10 Å². The molecule has 3 nitrogen and oxygen atoms in total. The van der Waals surface area contributed by atoms with Crippen LogP contribution in [0, 0.1) is 5.92 Å². The molecule has 0 bridgehead atoms. The number of esters is 1. The van der Waals surface area contributed by atoms with Gasteiger partial charge in [0.2, 0.25) is 0 Å². The Balaban J connectivity index is 0.00000196. The molecule has 4 heteroatoms. The zero-order valence-electron chi connectivity index (χ0n) is 9.57. The molecule has 0 heterocycles. The summed E-state index contributed by atoms with van der Waals surface area (Å²) in [4.78, 5) is 11.3. The third kappa shape index (κ3) is 6.00. The average Bonchev–Trinajstić information content (AvgIpc) is 2.07. The summed E-state index contributed by atoms with van der Waals surface area (Å²) in [5, 5.41) is 0. The summed E-state index contributed by atoms with van der Waals surface area (Å²) in [6, 6.07) is 0.354. The van der Waals surface area contributed by atoms with Gasteiger partial charge in [-0.05, 0) is 45.4 Å². The van der Waals surface area contributed by atoms with Gasteiger partial charge in [-0.15, -0.1) is 12.4 Å². The van der Waals surface area contributed by atoms with E-state index in [4.69, 9.17) is 10.5 Å². The van der Waals surface area contributed by atoms with Gasteiger partial charge in [0, 0.05) is 12.5 Å². The molecule has 0 radical (unpaired) electrons. The fraction of sp³-hybridized carbons (Fsp3) is 0.909. The number of carbonyl (C=O) groups is 1. The van der Waals surface area contributed by atoms with E-state index in [0.29, 0.717) is 18.4 Å². The number of carbonyl (C=O) groups excluding carboxylic acids is 1. The Morgan fingerprint density at radius 3 is 2.33 bits per heavy atom. The minimum Gasteiger partial charge on any atom is -0.463 e. The molecule has 1 rings (SSSR count). The fourth-order valence-corrected chi connectivity index (χ4v) is 1.94. The molecule has 90 valence electrons. The van der Waals surface area contributed by atoms with Crippen molar-refractivity contribution in [2.24, 2.45) is 11.7 Å². The van der Waals surface area contributed by atoms with E-state index in [1.54, 1.807) is 0 Å². The molecule has 15 heavy (non-hydrogen) atoms. The highest BCUT2D eigenvalue weighted by Gasteiger charge is 2.21. The topological polar surface area (TPSA) is 52.3 Å². The Morgan fingerprint density at radius 1 is 1.33 bits per heavy atom. The first-order valence-corrected chi connectivity index (χ1v) is 5.53. The zero-order valence-corrected chi connectivity index (χ0v) is 10.4. The average molecular weight is 236 g/mol. The predicted molar refractivity (Wildman–Crippen MR) is 63.0 cm³/mol. The molecule has 1 saturated carbocycles. The van der Waals surface area contributed by atoms with E-state index in [0.717, 1.165) is 25.7 Å². The van der Waals surface area contributed by atoms with Crippen LogP contribution >= 0.6 is 12.4 Å². The minimum absolute atomic E-state index is 0. The largest absolute Gasteiger partial charge is 0.463 e. The summed E-state index contributed by atoms with van der Waals surface area (Å²) in [6.45, 7) is 3.77. The molecular weight excluding hydrogens is 214 g/mol. The SMILES string of the molecule is CC(C)OC(=O)CC1CCC(N)CC1.Cl. The van der Waals surface area contributed by atoms with Crippen molar-refractivity contribution in [2.75, 3.05) is 0 Å². The number of hydrogen-bond acceptors (Lipinski definition) is 3. The smallest absolute Gasteiger partial charge is 0.306 e. The molecular formula is C11H22ClNO2. The first-order valence-electron chi connectivity index (χ1n) is 5.53. The molecule has 1 aliphatic carbocycles. The number of rotatable bonds is 3. The highest BCUT2D eigenvalue weighted by molar-refractivity contribution is 5.85. The van der Waals surface area contributed by atoms with Gasteiger partial charge in [0.15, 0.2) is 0 Å². The third-order valence-electron chi connectivity index (χ3n) is 2.71. The van der Waals surface area contributed by atoms with Gasteiger partial charge in [-0.1, -0.05) is 0 Å². The van der Waals surface area contributed by atoms with Crippen LogP contribution in [0.4, 0.5) is 0 Å². The second kappa shape index (κ2) is 7.07. The van der Waals surface area contributed by atoms with Crippen LogP contribution in [0.2, 0.25) is 0 Å². The van der Waals surface area contributed by atoms with Crippen molar-refractivity contribution in [2.45, 2.75) is 58.1 Å². The normalized spacial score (nSPS) is 25.9. The molecule has 1 fully saturated rings. The highest BCUT2D eigenvalue weighted by atomic mass is 35.5. The van der Waals surface area contributed by atoms with E-state index < -0.39 is 0 Å². The molecule has 0 atom stereocenters. The molecule has 0 saturated heterocycles. The van der Waals surface area contributed by atoms with Crippen molar-refractivity contribution < 1.29 is 9.53 Å². The van der Waals surface area contributed by atoms with Crippen LogP contribution in [0.15, 0.2) is 0 Å². The van der Waals surface area contributed by atoms with Gasteiger partial charge < -0.3 is 10.5 Å². The van der Waals surface area contributed by atoms with Crippen LogP contribution in [0.1, 0.15) is 46.0 Å². The van der Waals surface area contributed by atoms with Crippen LogP contribution in [-0.2, 0) is 9.53 Å². The number of ether oxygens (including phenoxy) is 1. The van der Waals surface area contributed by atoms with Gasteiger partial charge in [-0.25, -0.2) is 0 Å². The van der Waals surface area contributed by atoms with Crippen LogP contribution in [0.3, 0.4) is 0 Å². The Morgan fingerprint density at radius 2 is 1.87 bits per heavy atom. The van der Waals surface area contributed by atoms with Gasteiger partial charge in [-0.2, -0.15) is 0 Å². The number of halogens is 1. The Hall–Kier alpha value is -0.280. The van der Waals surface area contributed by atoms with E-state index in [1.165, 1.54) is 0 Å². The zero-order chi connectivity index (χ0) is 10.6. The lowest BCUT2D eigenvalue weighted by molar-refractivity contribution is -0.148. The summed E-state index contributed by atoms with van der Waals surface area (Å²) in [7, 11) is 0. The minimum atomic E-state index is -0.0551. The first kappa shape index (κ1) is 14.7. The first-order chi connectivity index (χ1) is 6.58. The fourth-order valence-electron chi connectivity index (χ4n) is 1.94. The molecule has 1 aliphatic rings. The molecule has 0 aliphatic heterocycles. The quantitative estimate of drug-likeness (QED) is 0.764.